The second-order valence-electron chi connectivity index (χ2n) is 7.16. The third-order valence-electron chi connectivity index (χ3n) is 4.04. The lowest BCUT2D eigenvalue weighted by molar-refractivity contribution is 0.477. The molecule has 0 heterocycles. The van der Waals surface area contributed by atoms with Crippen LogP contribution in [0.2, 0.25) is 0 Å². The molecule has 0 saturated carbocycles. The Morgan fingerprint density at radius 2 is 1.92 bits per heavy atom. The maximum absolute atomic E-state index is 4.73. The number of anilines is 1. The van der Waals surface area contributed by atoms with Crippen molar-refractivity contribution in [2.24, 2.45) is 9.98 Å². The van der Waals surface area contributed by atoms with Gasteiger partial charge in [0.05, 0.1) is 0 Å². The van der Waals surface area contributed by atoms with E-state index in [2.05, 4.69) is 81.1 Å². The number of benzene rings is 1. The molecule has 1 aromatic carbocycles. The summed E-state index contributed by atoms with van der Waals surface area (Å²) in [5, 5.41) is 3.35. The minimum Gasteiger partial charge on any atom is -0.363 e. The van der Waals surface area contributed by atoms with Gasteiger partial charge in [-0.15, -0.1) is 0 Å². The highest BCUT2D eigenvalue weighted by Crippen LogP contribution is 2.24. The predicted molar refractivity (Wildman–Crippen MR) is 107 cm³/mol. The highest BCUT2D eigenvalue weighted by molar-refractivity contribution is 6.02. The van der Waals surface area contributed by atoms with Crippen molar-refractivity contribution in [3.05, 3.63) is 29.8 Å². The fourth-order valence-electron chi connectivity index (χ4n) is 2.41. The molecule has 0 aromatic heterocycles. The molecule has 0 amide bonds. The van der Waals surface area contributed by atoms with Crippen molar-refractivity contribution in [1.29, 1.82) is 0 Å². The van der Waals surface area contributed by atoms with Gasteiger partial charge in [-0.25, -0.2) is 4.99 Å². The number of unbranched alkanes of at least 4 members (excludes halogenated alkanes) is 1. The van der Waals surface area contributed by atoms with E-state index >= 15 is 0 Å². The number of hydrogen-bond acceptors (Lipinski definition) is 1. The monoisotopic (exact) mass is 330 g/mol. The van der Waals surface area contributed by atoms with Gasteiger partial charge in [-0.3, -0.25) is 4.99 Å². The van der Waals surface area contributed by atoms with Crippen LogP contribution < -0.4 is 5.32 Å². The van der Waals surface area contributed by atoms with Crippen molar-refractivity contribution < 1.29 is 0 Å². The van der Waals surface area contributed by atoms with Gasteiger partial charge in [0.15, 0.2) is 0 Å². The number of nitrogens with one attached hydrogen (secondary N) is 1. The van der Waals surface area contributed by atoms with Gasteiger partial charge in [0, 0.05) is 32.7 Å². The Bertz CT molecular complexity index is 567. The zero-order valence-corrected chi connectivity index (χ0v) is 16.5. The van der Waals surface area contributed by atoms with E-state index in [1.165, 1.54) is 18.4 Å². The molecule has 1 aromatic rings. The summed E-state index contributed by atoms with van der Waals surface area (Å²) in [7, 11) is 3.88. The highest BCUT2D eigenvalue weighted by atomic mass is 15.2. The first kappa shape index (κ1) is 20.2. The SMILES string of the molecule is CCCCN(C)/C(CC)=N/C(=NC)Nc1cccc(C(C)(C)C)c1. The molecule has 134 valence electrons. The fraction of sp³-hybridized carbons (Fsp3) is 0.600. The van der Waals surface area contributed by atoms with Crippen LogP contribution in [-0.4, -0.2) is 37.3 Å². The second kappa shape index (κ2) is 9.45. The smallest absolute Gasteiger partial charge is 0.223 e. The third kappa shape index (κ3) is 6.34. The molecule has 1 N–H and O–H groups in total. The van der Waals surface area contributed by atoms with Crippen LogP contribution in [-0.2, 0) is 5.41 Å². The molecule has 1 rings (SSSR count). The largest absolute Gasteiger partial charge is 0.363 e. The Morgan fingerprint density at radius 1 is 1.21 bits per heavy atom. The summed E-state index contributed by atoms with van der Waals surface area (Å²) < 4.78 is 0. The predicted octanol–water partition coefficient (Wildman–Crippen LogP) is 4.92. The molecule has 0 unspecified atom stereocenters. The summed E-state index contributed by atoms with van der Waals surface area (Å²) in [4.78, 5) is 11.3. The van der Waals surface area contributed by atoms with Gasteiger partial charge in [-0.05, 0) is 29.5 Å². The van der Waals surface area contributed by atoms with E-state index in [4.69, 9.17) is 4.99 Å². The van der Waals surface area contributed by atoms with Crippen LogP contribution in [0.3, 0.4) is 0 Å². The molecule has 0 saturated heterocycles. The minimum absolute atomic E-state index is 0.124. The first-order chi connectivity index (χ1) is 11.3. The molecule has 0 bridgehead atoms. The Morgan fingerprint density at radius 3 is 2.46 bits per heavy atom. The van der Waals surface area contributed by atoms with E-state index in [9.17, 15) is 0 Å². The Balaban J connectivity index is 2.93. The number of guanidine groups is 1. The Kier molecular flexibility index (Phi) is 7.96. The van der Waals surface area contributed by atoms with Crippen LogP contribution in [0.25, 0.3) is 0 Å². The lowest BCUT2D eigenvalue weighted by Crippen LogP contribution is -2.29. The molecule has 0 aliphatic carbocycles. The molecule has 0 radical (unpaired) electrons. The quantitative estimate of drug-likeness (QED) is 0.615. The third-order valence-corrected chi connectivity index (χ3v) is 4.04. The van der Waals surface area contributed by atoms with Crippen molar-refractivity contribution in [3.8, 4) is 0 Å². The Hall–Kier alpha value is -1.84. The molecular weight excluding hydrogens is 296 g/mol. The number of nitrogens with zero attached hydrogens (tertiary/aromatic N) is 3. The molecule has 0 aliphatic rings. The molecule has 0 aliphatic heterocycles. The van der Waals surface area contributed by atoms with Gasteiger partial charge in [0.1, 0.15) is 5.84 Å². The van der Waals surface area contributed by atoms with Crippen LogP contribution in [0, 0.1) is 0 Å². The summed E-state index contributed by atoms with van der Waals surface area (Å²) in [6.07, 6.45) is 3.26. The fourth-order valence-corrected chi connectivity index (χ4v) is 2.41. The average Bonchev–Trinajstić information content (AvgIpc) is 2.55. The standard InChI is InChI=1S/C20H34N4/c1-8-10-14-24(7)18(9-2)23-19(21-6)22-17-13-11-12-16(15-17)20(3,4)5/h11-13,15H,8-10,14H2,1-7H3,(H,21,22)/b23-18+. The van der Waals surface area contributed by atoms with E-state index in [0.717, 1.165) is 24.5 Å². The van der Waals surface area contributed by atoms with Crippen LogP contribution >= 0.6 is 0 Å². The second-order valence-corrected chi connectivity index (χ2v) is 7.16. The van der Waals surface area contributed by atoms with Crippen molar-refractivity contribution in [1.82, 2.24) is 4.90 Å². The summed E-state index contributed by atoms with van der Waals surface area (Å²) in [5.74, 6) is 1.71. The van der Waals surface area contributed by atoms with Crippen LogP contribution in [0.5, 0.6) is 0 Å². The molecule has 4 heteroatoms. The zero-order valence-electron chi connectivity index (χ0n) is 16.5. The maximum Gasteiger partial charge on any atom is 0.223 e. The van der Waals surface area contributed by atoms with Crippen molar-refractivity contribution in [2.45, 2.75) is 59.3 Å². The van der Waals surface area contributed by atoms with Gasteiger partial charge in [0.2, 0.25) is 5.96 Å². The minimum atomic E-state index is 0.124. The summed E-state index contributed by atoms with van der Waals surface area (Å²) >= 11 is 0. The number of aliphatic imine (C=N–C) groups is 2. The molecule has 0 spiro atoms. The van der Waals surface area contributed by atoms with E-state index in [1.54, 1.807) is 7.05 Å². The van der Waals surface area contributed by atoms with Gasteiger partial charge in [-0.2, -0.15) is 0 Å². The van der Waals surface area contributed by atoms with Gasteiger partial charge < -0.3 is 10.2 Å². The first-order valence-corrected chi connectivity index (χ1v) is 8.94. The van der Waals surface area contributed by atoms with Crippen molar-refractivity contribution in [2.75, 3.05) is 26.0 Å². The van der Waals surface area contributed by atoms with Crippen LogP contribution in [0.4, 0.5) is 5.69 Å². The number of amidine groups is 1. The lowest BCUT2D eigenvalue weighted by Gasteiger charge is -2.21. The molecule has 0 atom stereocenters. The molecule has 0 fully saturated rings. The van der Waals surface area contributed by atoms with E-state index in [1.807, 2.05) is 0 Å². The van der Waals surface area contributed by atoms with Crippen LogP contribution in [0.1, 0.15) is 59.4 Å². The summed E-state index contributed by atoms with van der Waals surface area (Å²) in [6.45, 7) is 12.0. The highest BCUT2D eigenvalue weighted by Gasteiger charge is 2.14. The van der Waals surface area contributed by atoms with Crippen molar-refractivity contribution in [3.63, 3.8) is 0 Å². The topological polar surface area (TPSA) is 40.0 Å². The average molecular weight is 331 g/mol. The van der Waals surface area contributed by atoms with Gasteiger partial charge in [0.25, 0.3) is 0 Å². The van der Waals surface area contributed by atoms with Crippen LogP contribution in [0.15, 0.2) is 34.3 Å². The maximum atomic E-state index is 4.73. The van der Waals surface area contributed by atoms with E-state index in [0.29, 0.717) is 5.96 Å². The molecular formula is C20H34N4. The number of hydrogen-bond donors (Lipinski definition) is 1. The summed E-state index contributed by atoms with van der Waals surface area (Å²) in [5.41, 5.74) is 2.44. The normalized spacial score (nSPS) is 13.1. The van der Waals surface area contributed by atoms with Gasteiger partial charge in [-0.1, -0.05) is 53.2 Å². The lowest BCUT2D eigenvalue weighted by atomic mass is 9.87. The molecule has 4 nitrogen and oxygen atoms in total. The van der Waals surface area contributed by atoms with E-state index in [-0.39, 0.29) is 5.41 Å². The van der Waals surface area contributed by atoms with Crippen molar-refractivity contribution >= 4 is 17.5 Å². The first-order valence-electron chi connectivity index (χ1n) is 8.94. The molecule has 24 heavy (non-hydrogen) atoms. The zero-order chi connectivity index (χ0) is 18.2. The van der Waals surface area contributed by atoms with E-state index < -0.39 is 0 Å². The Labute approximate surface area is 148 Å². The summed E-state index contributed by atoms with van der Waals surface area (Å²) in [6, 6.07) is 8.47. The number of rotatable bonds is 5. The van der Waals surface area contributed by atoms with Gasteiger partial charge >= 0.3 is 0 Å².